The average Bonchev–Trinajstić information content (AvgIpc) is 1.60. The quantitative estimate of drug-likeness (QED) is 0.378. The third-order valence-corrected chi connectivity index (χ3v) is 2.09. The molecule has 0 radical (unpaired) electrons. The van der Waals surface area contributed by atoms with Crippen LogP contribution in [0.1, 0.15) is 0 Å². The van der Waals surface area contributed by atoms with Gasteiger partial charge in [0, 0.05) is 0 Å². The molecule has 0 fully saturated rings. The van der Waals surface area contributed by atoms with E-state index in [-0.39, 0.29) is 5.52 Å². The lowest BCUT2D eigenvalue weighted by Crippen LogP contribution is -2.38. The molecule has 0 aromatic carbocycles. The van der Waals surface area contributed by atoms with Crippen molar-refractivity contribution in [3.8, 4) is 0 Å². The summed E-state index contributed by atoms with van der Waals surface area (Å²) in [6.45, 7) is 0.339. The Morgan fingerprint density at radius 2 is 2.00 bits per heavy atom. The first-order valence-corrected chi connectivity index (χ1v) is 5.29. The van der Waals surface area contributed by atoms with E-state index in [1.807, 2.05) is 21.1 Å². The Morgan fingerprint density at radius 3 is 2.10 bits per heavy atom. The fourth-order valence-electron chi connectivity index (χ4n) is 0.469. The summed E-state index contributed by atoms with van der Waals surface area (Å²) in [4.78, 5) is 19.6. The van der Waals surface area contributed by atoms with E-state index in [1.54, 1.807) is 0 Å². The van der Waals surface area contributed by atoms with Crippen molar-refractivity contribution >= 4 is 25.1 Å². The Hall–Kier alpha value is 0.370. The number of nitrogens with zero attached hydrogens (tertiary/aromatic N) is 1. The molecule has 1 N–H and O–H groups in total. The first-order chi connectivity index (χ1) is 4.33. The molecule has 3 nitrogen and oxygen atoms in total. The summed E-state index contributed by atoms with van der Waals surface area (Å²) in [6, 6.07) is 0. The standard InChI is InChI=1S/C5H13NO2PS/c1-6(2,3)4-5(7)9(8)10/h8,10H,4H2,1-3H3/q+1. The lowest BCUT2D eigenvalue weighted by molar-refractivity contribution is -0.861. The largest absolute Gasteiger partial charge is 0.357 e. The predicted molar refractivity (Wildman–Crippen MR) is 46.0 cm³/mol. The van der Waals surface area contributed by atoms with Gasteiger partial charge in [-0.3, -0.25) is 4.79 Å². The van der Waals surface area contributed by atoms with Crippen LogP contribution < -0.4 is 0 Å². The average molecular weight is 182 g/mol. The zero-order chi connectivity index (χ0) is 8.36. The smallest absolute Gasteiger partial charge is 0.245 e. The van der Waals surface area contributed by atoms with Gasteiger partial charge in [0.2, 0.25) is 5.52 Å². The van der Waals surface area contributed by atoms with Crippen LogP contribution in [0.3, 0.4) is 0 Å². The van der Waals surface area contributed by atoms with Gasteiger partial charge in [0.15, 0.2) is 7.35 Å². The molecule has 1 atom stereocenters. The Balaban J connectivity index is 3.81. The van der Waals surface area contributed by atoms with Crippen molar-refractivity contribution in [1.29, 1.82) is 0 Å². The zero-order valence-electron chi connectivity index (χ0n) is 6.40. The minimum absolute atomic E-state index is 0.175. The summed E-state index contributed by atoms with van der Waals surface area (Å²) < 4.78 is 0.540. The number of hydrogen-bond acceptors (Lipinski definition) is 3. The molecule has 0 aromatic heterocycles. The number of thiol groups is 1. The maximum atomic E-state index is 10.8. The van der Waals surface area contributed by atoms with E-state index in [2.05, 4.69) is 12.2 Å². The van der Waals surface area contributed by atoms with E-state index >= 15 is 0 Å². The number of carbonyl (C=O) groups is 1. The van der Waals surface area contributed by atoms with E-state index in [1.165, 1.54) is 0 Å². The van der Waals surface area contributed by atoms with Gasteiger partial charge in [-0.15, -0.1) is 12.2 Å². The second kappa shape index (κ2) is 3.67. The number of carbonyl (C=O) groups excluding carboxylic acids is 1. The lowest BCUT2D eigenvalue weighted by Gasteiger charge is -2.22. The number of rotatable bonds is 3. The number of hydrogen-bond donors (Lipinski definition) is 2. The fourth-order valence-corrected chi connectivity index (χ4v) is 1.21. The Bertz CT molecular complexity index is 132. The van der Waals surface area contributed by atoms with Crippen LogP contribution >= 0.6 is 19.6 Å². The van der Waals surface area contributed by atoms with Gasteiger partial charge in [0.05, 0.1) is 21.1 Å². The van der Waals surface area contributed by atoms with E-state index in [0.29, 0.717) is 11.0 Å². The summed E-state index contributed by atoms with van der Waals surface area (Å²) in [5.41, 5.74) is -0.175. The van der Waals surface area contributed by atoms with Crippen LogP contribution in [0.25, 0.3) is 0 Å². The van der Waals surface area contributed by atoms with E-state index in [4.69, 9.17) is 4.89 Å². The highest BCUT2D eigenvalue weighted by atomic mass is 32.7. The molecule has 0 saturated heterocycles. The summed E-state index contributed by atoms with van der Waals surface area (Å²) >= 11 is 3.67. The minimum Gasteiger partial charge on any atom is -0.357 e. The van der Waals surface area contributed by atoms with E-state index < -0.39 is 7.35 Å². The number of quaternary nitrogens is 1. The van der Waals surface area contributed by atoms with Gasteiger partial charge >= 0.3 is 0 Å². The molecule has 10 heavy (non-hydrogen) atoms. The third kappa shape index (κ3) is 5.18. The van der Waals surface area contributed by atoms with Gasteiger partial charge in [0.25, 0.3) is 0 Å². The molecule has 0 heterocycles. The van der Waals surface area contributed by atoms with Crippen LogP contribution in [0, 0.1) is 0 Å². The summed E-state index contributed by atoms with van der Waals surface area (Å²) in [6.07, 6.45) is 0. The van der Waals surface area contributed by atoms with Gasteiger partial charge < -0.3 is 9.38 Å². The van der Waals surface area contributed by atoms with E-state index in [0.717, 1.165) is 0 Å². The van der Waals surface area contributed by atoms with Gasteiger partial charge in [-0.2, -0.15) is 0 Å². The van der Waals surface area contributed by atoms with Crippen molar-refractivity contribution in [2.24, 2.45) is 0 Å². The second-order valence-corrected chi connectivity index (χ2v) is 5.35. The summed E-state index contributed by atoms with van der Waals surface area (Å²) in [5.74, 6) is 0. The first-order valence-electron chi connectivity index (χ1n) is 2.84. The highest BCUT2D eigenvalue weighted by Crippen LogP contribution is 2.35. The van der Waals surface area contributed by atoms with E-state index in [9.17, 15) is 4.79 Å². The van der Waals surface area contributed by atoms with Crippen LogP contribution in [0.5, 0.6) is 0 Å². The topological polar surface area (TPSA) is 37.3 Å². The van der Waals surface area contributed by atoms with Crippen LogP contribution in [0.2, 0.25) is 0 Å². The van der Waals surface area contributed by atoms with Crippen molar-refractivity contribution in [3.05, 3.63) is 0 Å². The Labute approximate surface area is 67.6 Å². The lowest BCUT2D eigenvalue weighted by atomic mass is 10.5. The van der Waals surface area contributed by atoms with Crippen molar-refractivity contribution < 1.29 is 14.2 Å². The summed E-state index contributed by atoms with van der Waals surface area (Å²) in [5, 5.41) is 0. The molecular weight excluding hydrogens is 169 g/mol. The van der Waals surface area contributed by atoms with Crippen LogP contribution in [-0.4, -0.2) is 42.6 Å². The van der Waals surface area contributed by atoms with Crippen LogP contribution in [0.15, 0.2) is 0 Å². The van der Waals surface area contributed by atoms with Gasteiger partial charge in [-0.05, 0) is 0 Å². The molecule has 60 valence electrons. The third-order valence-electron chi connectivity index (χ3n) is 0.833. The Morgan fingerprint density at radius 1 is 1.60 bits per heavy atom. The molecular formula is C5H13NO2PS+. The van der Waals surface area contributed by atoms with Crippen molar-refractivity contribution in [2.45, 2.75) is 0 Å². The normalized spacial score (nSPS) is 14.9. The molecule has 0 rings (SSSR count). The second-order valence-electron chi connectivity index (χ2n) is 3.13. The first kappa shape index (κ1) is 10.4. The molecule has 0 amide bonds. The molecule has 0 spiro atoms. The number of likely N-dealkylation sites (N-methyl/N-ethyl adjacent to an activating group) is 1. The minimum atomic E-state index is -1.69. The highest BCUT2D eigenvalue weighted by molar-refractivity contribution is 8.48. The molecule has 0 aromatic rings. The monoisotopic (exact) mass is 182 g/mol. The fraction of sp³-hybridized carbons (Fsp3) is 0.800. The predicted octanol–water partition coefficient (Wildman–Crippen LogP) is 0.453. The van der Waals surface area contributed by atoms with Crippen LogP contribution in [0.4, 0.5) is 0 Å². The molecule has 5 heteroatoms. The zero-order valence-corrected chi connectivity index (χ0v) is 8.19. The molecule has 0 bridgehead atoms. The SMILES string of the molecule is C[N+](C)(C)CC(=O)P(O)S. The van der Waals surface area contributed by atoms with Crippen molar-refractivity contribution in [3.63, 3.8) is 0 Å². The Kier molecular flexibility index (Phi) is 3.81. The molecule has 0 saturated carbocycles. The highest BCUT2D eigenvalue weighted by Gasteiger charge is 2.19. The maximum absolute atomic E-state index is 10.8. The van der Waals surface area contributed by atoms with Crippen molar-refractivity contribution in [1.82, 2.24) is 0 Å². The van der Waals surface area contributed by atoms with Gasteiger partial charge in [-0.25, -0.2) is 0 Å². The van der Waals surface area contributed by atoms with Crippen LogP contribution in [-0.2, 0) is 4.79 Å². The molecule has 0 aliphatic heterocycles. The van der Waals surface area contributed by atoms with Gasteiger partial charge in [-0.1, -0.05) is 0 Å². The van der Waals surface area contributed by atoms with Gasteiger partial charge in [0.1, 0.15) is 6.54 Å². The molecule has 1 unspecified atom stereocenters. The van der Waals surface area contributed by atoms with Crippen molar-refractivity contribution in [2.75, 3.05) is 27.7 Å². The summed E-state index contributed by atoms with van der Waals surface area (Å²) in [7, 11) is 3.99. The molecule has 0 aliphatic rings. The molecule has 0 aliphatic carbocycles. The maximum Gasteiger partial charge on any atom is 0.245 e.